The van der Waals surface area contributed by atoms with Gasteiger partial charge < -0.3 is 10.1 Å². The Labute approximate surface area is 235 Å². The summed E-state index contributed by atoms with van der Waals surface area (Å²) in [4.78, 5) is 3.64. The maximum absolute atomic E-state index is 11.5. The zero-order chi connectivity index (χ0) is 22.3. The first-order valence-corrected chi connectivity index (χ1v) is 13.9. The van der Waals surface area contributed by atoms with Gasteiger partial charge in [0, 0.05) is 0 Å². The van der Waals surface area contributed by atoms with Crippen molar-refractivity contribution in [3.8, 4) is 0 Å². The number of unbranched alkanes of at least 4 members (excludes halogenated alkanes) is 15. The second-order valence-corrected chi connectivity index (χ2v) is 9.88. The third-order valence-corrected chi connectivity index (χ3v) is 5.99. The molecular formula is C24H46KNO4S. The van der Waals surface area contributed by atoms with Crippen LogP contribution in [0, 0.1) is 0 Å². The van der Waals surface area contributed by atoms with E-state index in [-0.39, 0.29) is 63.8 Å². The van der Waals surface area contributed by atoms with E-state index in [0.29, 0.717) is 6.42 Å². The number of aliphatic imine (C=N–C) groups is 1. The molecule has 7 heteroatoms. The third kappa shape index (κ3) is 30.8. The number of allylic oxidation sites excluding steroid dienone is 2. The Hall–Kier alpha value is 0.756. The first kappa shape index (κ1) is 33.9. The van der Waals surface area contributed by atoms with Crippen LogP contribution in [0.15, 0.2) is 17.1 Å². The van der Waals surface area contributed by atoms with Crippen molar-refractivity contribution in [1.82, 2.24) is 0 Å². The summed E-state index contributed by atoms with van der Waals surface area (Å²) in [5.41, 5.74) is 0. The Bertz CT molecular complexity index is 536. The van der Waals surface area contributed by atoms with Gasteiger partial charge in [0.1, 0.15) is 0 Å². The van der Waals surface area contributed by atoms with E-state index in [1.807, 2.05) is 0 Å². The summed E-state index contributed by atoms with van der Waals surface area (Å²) in [6.45, 7) is 2.12. The zero-order valence-corrected chi connectivity index (χ0v) is 24.3. The average molecular weight is 484 g/mol. The van der Waals surface area contributed by atoms with Gasteiger partial charge in [-0.25, -0.2) is 0 Å². The maximum atomic E-state index is 11.5. The normalized spacial score (nSPS) is 12.4. The van der Waals surface area contributed by atoms with Crippen molar-refractivity contribution in [1.29, 1.82) is 0 Å². The summed E-state index contributed by atoms with van der Waals surface area (Å²) in [6.07, 6.45) is 26.5. The van der Waals surface area contributed by atoms with Crippen molar-refractivity contribution in [2.24, 2.45) is 4.99 Å². The van der Waals surface area contributed by atoms with Gasteiger partial charge in [0.25, 0.3) is 10.1 Å². The van der Waals surface area contributed by atoms with Gasteiger partial charge in [0.05, 0.1) is 12.3 Å². The Morgan fingerprint density at radius 2 is 1.19 bits per heavy atom. The topological polar surface area (TPSA) is 89.8 Å². The monoisotopic (exact) mass is 483 g/mol. The third-order valence-electron chi connectivity index (χ3n) is 5.29. The molecule has 0 aliphatic rings. The fraction of sp³-hybridized carbons (Fsp3) is 0.875. The first-order valence-electron chi connectivity index (χ1n) is 12.3. The van der Waals surface area contributed by atoms with E-state index < -0.39 is 15.9 Å². The van der Waals surface area contributed by atoms with Crippen molar-refractivity contribution >= 4 is 16.0 Å². The van der Waals surface area contributed by atoms with Crippen molar-refractivity contribution < 1.29 is 69.5 Å². The zero-order valence-electron chi connectivity index (χ0n) is 20.3. The van der Waals surface area contributed by atoms with Crippen molar-refractivity contribution in [2.75, 3.05) is 12.3 Å². The molecule has 0 aliphatic carbocycles. The molecule has 0 aromatic rings. The molecule has 0 heterocycles. The van der Waals surface area contributed by atoms with Crippen LogP contribution in [0.1, 0.15) is 122 Å². The summed E-state index contributed by atoms with van der Waals surface area (Å²) in [6, 6.07) is 0. The standard InChI is InChI=1S/C24H47NO4S.K/c1-2-3-4-5-6-7-8-9-10-11-12-13-14-15-16-17-18-19-20-21-24(26)25-22-23-30(27,28)29;/h11-12H,2-10,13-23H2,1H3,(H,25,26)(H,27,28,29);/q;+1/p-1/b12-11+;. The van der Waals surface area contributed by atoms with E-state index >= 15 is 0 Å². The molecule has 0 atom stereocenters. The number of hydrogen-bond donors (Lipinski definition) is 1. The van der Waals surface area contributed by atoms with Gasteiger partial charge in [0.15, 0.2) is 0 Å². The molecule has 0 unspecified atom stereocenters. The molecule has 0 saturated carbocycles. The predicted molar refractivity (Wildman–Crippen MR) is 127 cm³/mol. The van der Waals surface area contributed by atoms with Gasteiger partial charge in [-0.15, -0.1) is 0 Å². The van der Waals surface area contributed by atoms with Gasteiger partial charge in [-0.2, -0.15) is 8.42 Å². The quantitative estimate of drug-likeness (QED) is 0.0639. The fourth-order valence-corrected chi connectivity index (χ4v) is 3.74. The molecule has 0 aliphatic heterocycles. The molecule has 0 saturated heterocycles. The molecule has 0 amide bonds. The smallest absolute Gasteiger partial charge is 0.862 e. The van der Waals surface area contributed by atoms with E-state index in [9.17, 15) is 13.5 Å². The Morgan fingerprint density at radius 3 is 1.65 bits per heavy atom. The van der Waals surface area contributed by atoms with E-state index in [0.717, 1.165) is 19.3 Å². The summed E-state index contributed by atoms with van der Waals surface area (Å²) < 4.78 is 29.6. The van der Waals surface area contributed by atoms with E-state index in [2.05, 4.69) is 24.1 Å². The van der Waals surface area contributed by atoms with Crippen LogP contribution in [0.2, 0.25) is 0 Å². The Kier molecular flexibility index (Phi) is 27.8. The average Bonchev–Trinajstić information content (AvgIpc) is 2.68. The van der Waals surface area contributed by atoms with Gasteiger partial charge in [-0.05, 0) is 44.4 Å². The van der Waals surface area contributed by atoms with Crippen LogP contribution in [-0.4, -0.2) is 31.2 Å². The molecule has 0 radical (unpaired) electrons. The molecule has 5 nitrogen and oxygen atoms in total. The minimum absolute atomic E-state index is 0. The van der Waals surface area contributed by atoms with Crippen LogP contribution in [0.3, 0.4) is 0 Å². The second kappa shape index (κ2) is 25.4. The molecule has 0 aromatic heterocycles. The van der Waals surface area contributed by atoms with Gasteiger partial charge in [-0.3, -0.25) is 4.55 Å². The van der Waals surface area contributed by atoms with E-state index in [4.69, 9.17) is 4.55 Å². The molecule has 0 bridgehead atoms. The van der Waals surface area contributed by atoms with Crippen LogP contribution < -0.4 is 56.5 Å². The molecule has 178 valence electrons. The summed E-state index contributed by atoms with van der Waals surface area (Å²) in [5, 5.41) is 11.5. The van der Waals surface area contributed by atoms with E-state index in [1.54, 1.807) is 0 Å². The molecule has 1 N–H and O–H groups in total. The van der Waals surface area contributed by atoms with Crippen LogP contribution in [-0.2, 0) is 10.1 Å². The molecule has 0 rings (SSSR count). The largest absolute Gasteiger partial charge is 1.00 e. The SMILES string of the molecule is CCCCCCCCCC/C=C/CCCCCCCCCC([O-])=NCCS(=O)(=O)O.[K+]. The minimum Gasteiger partial charge on any atom is -0.862 e. The minimum atomic E-state index is -4.02. The second-order valence-electron chi connectivity index (χ2n) is 8.31. The molecular weight excluding hydrogens is 437 g/mol. The molecule has 0 fully saturated rings. The summed E-state index contributed by atoms with van der Waals surface area (Å²) in [5.74, 6) is -0.745. The van der Waals surface area contributed by atoms with Crippen LogP contribution in [0.25, 0.3) is 0 Å². The number of nitrogens with zero attached hydrogens (tertiary/aromatic N) is 1. The Balaban J connectivity index is 0. The van der Waals surface area contributed by atoms with Crippen LogP contribution in [0.5, 0.6) is 0 Å². The fourth-order valence-electron chi connectivity index (χ4n) is 3.42. The van der Waals surface area contributed by atoms with Gasteiger partial charge in [0.2, 0.25) is 0 Å². The Morgan fingerprint density at radius 1 is 0.774 bits per heavy atom. The van der Waals surface area contributed by atoms with Gasteiger partial charge in [-0.1, -0.05) is 96.1 Å². The van der Waals surface area contributed by atoms with Crippen molar-refractivity contribution in [3.05, 3.63) is 12.2 Å². The summed E-state index contributed by atoms with van der Waals surface area (Å²) in [7, 11) is -4.02. The summed E-state index contributed by atoms with van der Waals surface area (Å²) >= 11 is 0. The first-order chi connectivity index (χ1) is 14.5. The van der Waals surface area contributed by atoms with Gasteiger partial charge >= 0.3 is 51.4 Å². The molecule has 0 spiro atoms. The maximum Gasteiger partial charge on any atom is 1.00 e. The molecule has 31 heavy (non-hydrogen) atoms. The van der Waals surface area contributed by atoms with Crippen LogP contribution in [0.4, 0.5) is 0 Å². The van der Waals surface area contributed by atoms with Crippen molar-refractivity contribution in [3.63, 3.8) is 0 Å². The predicted octanol–water partition coefficient (Wildman–Crippen LogP) is 3.23. The van der Waals surface area contributed by atoms with Crippen molar-refractivity contribution in [2.45, 2.75) is 122 Å². The van der Waals surface area contributed by atoms with Crippen LogP contribution >= 0.6 is 0 Å². The number of hydrogen-bond acceptors (Lipinski definition) is 4. The molecule has 0 aromatic carbocycles. The number of rotatable bonds is 22. The van der Waals surface area contributed by atoms with E-state index in [1.165, 1.54) is 89.9 Å².